The van der Waals surface area contributed by atoms with Gasteiger partial charge in [0, 0.05) is 40.7 Å². The highest BCUT2D eigenvalue weighted by Crippen LogP contribution is 2.21. The second-order valence-corrected chi connectivity index (χ2v) is 7.54. The normalized spacial score (nSPS) is 16.6. The molecule has 1 saturated heterocycles. The lowest BCUT2D eigenvalue weighted by atomic mass is 10.1. The van der Waals surface area contributed by atoms with Gasteiger partial charge in [0.2, 0.25) is 5.82 Å². The molecule has 2 aromatic heterocycles. The van der Waals surface area contributed by atoms with Crippen molar-refractivity contribution in [1.29, 1.82) is 0 Å². The van der Waals surface area contributed by atoms with Crippen LogP contribution in [0.4, 0.5) is 0 Å². The number of hydrogen-bond donors (Lipinski definition) is 0. The average molecular weight is 400 g/mol. The minimum atomic E-state index is -0.0401. The van der Waals surface area contributed by atoms with Gasteiger partial charge in [0.25, 0.3) is 0 Å². The van der Waals surface area contributed by atoms with Gasteiger partial charge in [-0.1, -0.05) is 23.7 Å². The Balaban J connectivity index is 1.50. The highest BCUT2D eigenvalue weighted by molar-refractivity contribution is 6.30. The lowest BCUT2D eigenvalue weighted by Crippen LogP contribution is -2.18. The van der Waals surface area contributed by atoms with Crippen molar-refractivity contribution >= 4 is 17.4 Å². The van der Waals surface area contributed by atoms with Crippen molar-refractivity contribution in [3.63, 3.8) is 0 Å². The first-order valence-electron chi connectivity index (χ1n) is 9.36. The number of carbonyl (C=O) groups is 1. The third-order valence-electron chi connectivity index (χ3n) is 5.10. The van der Waals surface area contributed by atoms with E-state index in [-0.39, 0.29) is 18.4 Å². The molecule has 8 heteroatoms. The van der Waals surface area contributed by atoms with E-state index in [0.29, 0.717) is 16.4 Å². The molecular formula is C20H22ClN5O2. The molecule has 3 aromatic rings. The smallest absolute Gasteiger partial charge is 0.204 e. The largest absolute Gasteiger partial charge is 0.376 e. The quantitative estimate of drug-likeness (QED) is 0.593. The number of halogens is 1. The van der Waals surface area contributed by atoms with E-state index in [1.165, 1.54) is 4.80 Å². The van der Waals surface area contributed by atoms with E-state index in [2.05, 4.69) is 20.0 Å². The topological polar surface area (TPSA) is 74.8 Å². The molecule has 1 fully saturated rings. The van der Waals surface area contributed by atoms with Crippen LogP contribution in [0.3, 0.4) is 0 Å². The van der Waals surface area contributed by atoms with Crippen molar-refractivity contribution in [2.24, 2.45) is 0 Å². The summed E-state index contributed by atoms with van der Waals surface area (Å²) >= 11 is 6.01. The van der Waals surface area contributed by atoms with Gasteiger partial charge in [-0.25, -0.2) is 0 Å². The van der Waals surface area contributed by atoms with E-state index in [4.69, 9.17) is 16.3 Å². The molecule has 4 rings (SSSR count). The van der Waals surface area contributed by atoms with Gasteiger partial charge in [-0.3, -0.25) is 4.79 Å². The molecule has 1 atom stereocenters. The average Bonchev–Trinajstić information content (AvgIpc) is 3.40. The fourth-order valence-electron chi connectivity index (χ4n) is 3.62. The van der Waals surface area contributed by atoms with Crippen LogP contribution in [0.15, 0.2) is 30.3 Å². The Morgan fingerprint density at radius 3 is 2.93 bits per heavy atom. The third-order valence-corrected chi connectivity index (χ3v) is 5.34. The number of rotatable bonds is 6. The Hall–Kier alpha value is -2.51. The number of ketones is 1. The van der Waals surface area contributed by atoms with Crippen molar-refractivity contribution < 1.29 is 9.53 Å². The molecule has 1 aromatic carbocycles. The summed E-state index contributed by atoms with van der Waals surface area (Å²) in [6.45, 7) is 5.64. The van der Waals surface area contributed by atoms with E-state index in [9.17, 15) is 4.79 Å². The Morgan fingerprint density at radius 1 is 1.32 bits per heavy atom. The van der Waals surface area contributed by atoms with Gasteiger partial charge in [-0.2, -0.15) is 4.80 Å². The number of carbonyl (C=O) groups excluding carboxylic acids is 1. The highest BCUT2D eigenvalue weighted by Gasteiger charge is 2.21. The van der Waals surface area contributed by atoms with Gasteiger partial charge in [-0.05, 0) is 50.1 Å². The number of aryl methyl sites for hydroxylation is 1. The molecule has 28 heavy (non-hydrogen) atoms. The predicted octanol–water partition coefficient (Wildman–Crippen LogP) is 3.47. The predicted molar refractivity (Wildman–Crippen MR) is 105 cm³/mol. The molecule has 0 unspecified atom stereocenters. The van der Waals surface area contributed by atoms with Crippen molar-refractivity contribution in [3.05, 3.63) is 52.3 Å². The fraction of sp³-hybridized carbons (Fsp3) is 0.400. The van der Waals surface area contributed by atoms with Gasteiger partial charge in [0.1, 0.15) is 6.54 Å². The first kappa shape index (κ1) is 18.8. The molecule has 1 aliphatic rings. The molecule has 7 nitrogen and oxygen atoms in total. The molecule has 0 amide bonds. The Morgan fingerprint density at radius 2 is 2.18 bits per heavy atom. The van der Waals surface area contributed by atoms with Crippen LogP contribution in [-0.4, -0.2) is 43.3 Å². The molecule has 0 saturated carbocycles. The number of tetrazole rings is 1. The van der Waals surface area contributed by atoms with Crippen molar-refractivity contribution in [3.8, 4) is 11.4 Å². The molecule has 0 spiro atoms. The maximum absolute atomic E-state index is 12.8. The van der Waals surface area contributed by atoms with Crippen LogP contribution in [0.1, 0.15) is 34.6 Å². The maximum atomic E-state index is 12.8. The number of aromatic nitrogens is 5. The molecule has 0 radical (unpaired) electrons. The molecular weight excluding hydrogens is 378 g/mol. The second kappa shape index (κ2) is 7.85. The summed E-state index contributed by atoms with van der Waals surface area (Å²) in [4.78, 5) is 14.2. The van der Waals surface area contributed by atoms with Gasteiger partial charge in [-0.15, -0.1) is 10.2 Å². The molecule has 0 bridgehead atoms. The molecule has 1 aliphatic heterocycles. The lowest BCUT2D eigenvalue weighted by molar-refractivity contribution is 0.0943. The first-order chi connectivity index (χ1) is 13.5. The van der Waals surface area contributed by atoms with E-state index in [1.54, 1.807) is 12.1 Å². The van der Waals surface area contributed by atoms with Crippen LogP contribution in [0, 0.1) is 13.8 Å². The maximum Gasteiger partial charge on any atom is 0.204 e. The van der Waals surface area contributed by atoms with E-state index >= 15 is 0 Å². The summed E-state index contributed by atoms with van der Waals surface area (Å²) in [6.07, 6.45) is 2.39. The van der Waals surface area contributed by atoms with Crippen molar-refractivity contribution in [2.75, 3.05) is 6.61 Å². The summed E-state index contributed by atoms with van der Waals surface area (Å²) in [5.74, 6) is 0.404. The monoisotopic (exact) mass is 399 g/mol. The number of ether oxygens (including phenoxy) is 1. The Bertz CT molecular complexity index is 1000. The lowest BCUT2D eigenvalue weighted by Gasteiger charge is -2.14. The summed E-state index contributed by atoms with van der Waals surface area (Å²) < 4.78 is 7.90. The zero-order chi connectivity index (χ0) is 19.7. The standard InChI is InChI=1S/C20H22ClN5O2/c1-13-9-18(14(2)25(13)11-17-7-4-8-28-17)19(27)12-26-23-20(22-24-26)15-5-3-6-16(21)10-15/h3,5-6,9-10,17H,4,7-8,11-12H2,1-2H3/t17-/m1/s1. The number of nitrogens with zero attached hydrogens (tertiary/aromatic N) is 5. The van der Waals surface area contributed by atoms with Crippen LogP contribution in [0.25, 0.3) is 11.4 Å². The van der Waals surface area contributed by atoms with E-state index in [1.807, 2.05) is 32.0 Å². The summed E-state index contributed by atoms with van der Waals surface area (Å²) in [6, 6.07) is 9.16. The number of benzene rings is 1. The van der Waals surface area contributed by atoms with Crippen LogP contribution >= 0.6 is 11.6 Å². The fourth-order valence-corrected chi connectivity index (χ4v) is 3.81. The van der Waals surface area contributed by atoms with Gasteiger partial charge < -0.3 is 9.30 Å². The summed E-state index contributed by atoms with van der Waals surface area (Å²) in [7, 11) is 0. The van der Waals surface area contributed by atoms with Crippen molar-refractivity contribution in [2.45, 2.75) is 45.9 Å². The molecule has 0 aliphatic carbocycles. The molecule has 0 N–H and O–H groups in total. The SMILES string of the molecule is Cc1cc(C(=O)Cn2nnc(-c3cccc(Cl)c3)n2)c(C)n1C[C@H]1CCCO1. The number of hydrogen-bond acceptors (Lipinski definition) is 5. The van der Waals surface area contributed by atoms with Gasteiger partial charge in [0.05, 0.1) is 6.10 Å². The zero-order valence-electron chi connectivity index (χ0n) is 15.9. The minimum absolute atomic E-state index is 0.0395. The second-order valence-electron chi connectivity index (χ2n) is 7.11. The third kappa shape index (κ3) is 3.86. The minimum Gasteiger partial charge on any atom is -0.376 e. The highest BCUT2D eigenvalue weighted by atomic mass is 35.5. The van der Waals surface area contributed by atoms with E-state index < -0.39 is 0 Å². The van der Waals surface area contributed by atoms with Crippen molar-refractivity contribution in [1.82, 2.24) is 24.8 Å². The van der Waals surface area contributed by atoms with Gasteiger partial charge >= 0.3 is 0 Å². The molecule has 3 heterocycles. The van der Waals surface area contributed by atoms with E-state index in [0.717, 1.165) is 42.9 Å². The van der Waals surface area contributed by atoms with Crippen LogP contribution < -0.4 is 0 Å². The Labute approximate surface area is 168 Å². The van der Waals surface area contributed by atoms with Gasteiger partial charge in [0.15, 0.2) is 5.78 Å². The summed E-state index contributed by atoms with van der Waals surface area (Å²) in [5, 5.41) is 13.0. The number of Topliss-reactive ketones (excluding diaryl/α,β-unsaturated/α-hetero) is 1. The Kier molecular flexibility index (Phi) is 5.28. The first-order valence-corrected chi connectivity index (χ1v) is 9.74. The van der Waals surface area contributed by atoms with Crippen LogP contribution in [-0.2, 0) is 17.8 Å². The summed E-state index contributed by atoms with van der Waals surface area (Å²) in [5.41, 5.74) is 3.47. The molecule has 146 valence electrons. The van der Waals surface area contributed by atoms with Crippen LogP contribution in [0.5, 0.6) is 0 Å². The van der Waals surface area contributed by atoms with Crippen LogP contribution in [0.2, 0.25) is 5.02 Å². The zero-order valence-corrected chi connectivity index (χ0v) is 16.7.